The zero-order chi connectivity index (χ0) is 22.3. The highest BCUT2D eigenvalue weighted by Crippen LogP contribution is 2.37. The number of anilines is 1. The van der Waals surface area contributed by atoms with Crippen LogP contribution in [-0.4, -0.2) is 21.5 Å². The van der Waals surface area contributed by atoms with Gasteiger partial charge in [0.15, 0.2) is 5.78 Å². The Hall–Kier alpha value is -3.09. The second kappa shape index (κ2) is 8.21. The molecule has 31 heavy (non-hydrogen) atoms. The molecule has 2 aromatic carbocycles. The monoisotopic (exact) mass is 450 g/mol. The van der Waals surface area contributed by atoms with Crippen molar-refractivity contribution in [2.24, 2.45) is 0 Å². The molecule has 2 heterocycles. The van der Waals surface area contributed by atoms with Crippen molar-refractivity contribution in [1.29, 1.82) is 0 Å². The van der Waals surface area contributed by atoms with Gasteiger partial charge in [0, 0.05) is 27.7 Å². The first-order valence-electron chi connectivity index (χ1n) is 9.60. The van der Waals surface area contributed by atoms with Gasteiger partial charge in [0.05, 0.1) is 10.6 Å². The number of halogens is 1. The molecule has 7 heteroatoms. The summed E-state index contributed by atoms with van der Waals surface area (Å²) in [6.45, 7) is 5.45. The molecule has 156 valence electrons. The van der Waals surface area contributed by atoms with Crippen LogP contribution in [-0.2, 0) is 4.79 Å². The SMILES string of the molecule is CC(=O)c1cccc(-n2c(C)cc(C=C3SC(=O)N(c4ccc(Cl)cc4)C3=O)c2C)c1. The number of hydrogen-bond donors (Lipinski definition) is 0. The number of imide groups is 1. The summed E-state index contributed by atoms with van der Waals surface area (Å²) >= 11 is 6.83. The van der Waals surface area contributed by atoms with Crippen LogP contribution in [0.25, 0.3) is 11.8 Å². The average Bonchev–Trinajstić information content (AvgIpc) is 3.17. The third-order valence-electron chi connectivity index (χ3n) is 5.15. The fraction of sp³-hybridized carbons (Fsp3) is 0.125. The number of Topliss-reactive ketones (excluding diaryl/α,β-unsaturated/α-hetero) is 1. The van der Waals surface area contributed by atoms with Crippen molar-refractivity contribution < 1.29 is 14.4 Å². The molecule has 0 N–H and O–H groups in total. The van der Waals surface area contributed by atoms with Crippen molar-refractivity contribution in [3.05, 3.63) is 87.0 Å². The minimum absolute atomic E-state index is 0.000379. The van der Waals surface area contributed by atoms with Gasteiger partial charge in [0.25, 0.3) is 11.1 Å². The maximum Gasteiger partial charge on any atom is 0.298 e. The largest absolute Gasteiger partial charge is 0.318 e. The Morgan fingerprint density at radius 1 is 1.00 bits per heavy atom. The van der Waals surface area contributed by atoms with E-state index in [0.29, 0.717) is 21.2 Å². The number of carbonyl (C=O) groups is 3. The smallest absolute Gasteiger partial charge is 0.298 e. The molecule has 0 unspecified atom stereocenters. The van der Waals surface area contributed by atoms with Crippen LogP contribution < -0.4 is 4.90 Å². The standard InChI is InChI=1S/C24H19ClN2O3S/c1-14-11-18(15(2)26(14)21-6-4-5-17(12-21)16(3)28)13-22-23(29)27(24(30)31-22)20-9-7-19(25)8-10-20/h4-13H,1-3H3. The van der Waals surface area contributed by atoms with E-state index < -0.39 is 0 Å². The molecule has 1 aliphatic heterocycles. The van der Waals surface area contributed by atoms with Crippen LogP contribution >= 0.6 is 23.4 Å². The third-order valence-corrected chi connectivity index (χ3v) is 6.27. The maximum atomic E-state index is 12.9. The van der Waals surface area contributed by atoms with Gasteiger partial charge in [-0.05, 0) is 86.6 Å². The first-order chi connectivity index (χ1) is 14.8. The van der Waals surface area contributed by atoms with Gasteiger partial charge in [-0.3, -0.25) is 14.4 Å². The fourth-order valence-corrected chi connectivity index (χ4v) is 4.57. The lowest BCUT2D eigenvalue weighted by Gasteiger charge is -2.12. The molecular formula is C24H19ClN2O3S. The summed E-state index contributed by atoms with van der Waals surface area (Å²) in [5, 5.41) is 0.189. The first-order valence-corrected chi connectivity index (χ1v) is 10.8. The van der Waals surface area contributed by atoms with Gasteiger partial charge in [-0.2, -0.15) is 0 Å². The van der Waals surface area contributed by atoms with Crippen LogP contribution in [0.15, 0.2) is 59.5 Å². The summed E-state index contributed by atoms with van der Waals surface area (Å²) in [5.41, 5.74) is 4.71. The van der Waals surface area contributed by atoms with Gasteiger partial charge in [-0.25, -0.2) is 4.90 Å². The Kier molecular flexibility index (Phi) is 5.60. The number of carbonyl (C=O) groups excluding carboxylic acids is 3. The molecule has 3 aromatic rings. The van der Waals surface area contributed by atoms with Crippen LogP contribution in [0, 0.1) is 13.8 Å². The normalized spacial score (nSPS) is 15.2. The molecule has 0 atom stereocenters. The number of aryl methyl sites for hydroxylation is 1. The Balaban J connectivity index is 1.70. The number of thioether (sulfide) groups is 1. The summed E-state index contributed by atoms with van der Waals surface area (Å²) in [4.78, 5) is 38.7. The topological polar surface area (TPSA) is 59.4 Å². The Bertz CT molecular complexity index is 1260. The van der Waals surface area contributed by atoms with Crippen molar-refractivity contribution in [2.45, 2.75) is 20.8 Å². The molecule has 1 aliphatic rings. The molecule has 4 rings (SSSR count). The van der Waals surface area contributed by atoms with Crippen molar-refractivity contribution >= 4 is 52.1 Å². The minimum Gasteiger partial charge on any atom is -0.318 e. The van der Waals surface area contributed by atoms with Gasteiger partial charge in [0.1, 0.15) is 0 Å². The van der Waals surface area contributed by atoms with E-state index in [0.717, 1.165) is 39.3 Å². The number of benzene rings is 2. The van der Waals surface area contributed by atoms with Gasteiger partial charge in [0.2, 0.25) is 0 Å². The predicted molar refractivity (Wildman–Crippen MR) is 125 cm³/mol. The van der Waals surface area contributed by atoms with Crippen LogP contribution in [0.1, 0.15) is 34.2 Å². The van der Waals surface area contributed by atoms with E-state index in [1.807, 2.05) is 42.7 Å². The second-order valence-electron chi connectivity index (χ2n) is 7.26. The summed E-state index contributed by atoms with van der Waals surface area (Å²) in [7, 11) is 0. The zero-order valence-electron chi connectivity index (χ0n) is 17.2. The molecule has 1 fully saturated rings. The molecule has 0 saturated carbocycles. The molecule has 1 saturated heterocycles. The Morgan fingerprint density at radius 3 is 2.39 bits per heavy atom. The van der Waals surface area contributed by atoms with E-state index in [-0.39, 0.29) is 16.9 Å². The minimum atomic E-state index is -0.360. The van der Waals surface area contributed by atoms with E-state index in [2.05, 4.69) is 0 Å². The molecule has 0 radical (unpaired) electrons. The molecule has 0 aliphatic carbocycles. The average molecular weight is 451 g/mol. The van der Waals surface area contributed by atoms with Gasteiger partial charge in [-0.1, -0.05) is 23.7 Å². The number of hydrogen-bond acceptors (Lipinski definition) is 4. The van der Waals surface area contributed by atoms with Crippen LogP contribution in [0.3, 0.4) is 0 Å². The molecule has 0 bridgehead atoms. The van der Waals surface area contributed by atoms with Crippen molar-refractivity contribution in [1.82, 2.24) is 4.57 Å². The highest BCUT2D eigenvalue weighted by Gasteiger charge is 2.36. The molecule has 5 nitrogen and oxygen atoms in total. The number of ketones is 1. The van der Waals surface area contributed by atoms with E-state index in [4.69, 9.17) is 11.6 Å². The highest BCUT2D eigenvalue weighted by atomic mass is 35.5. The summed E-state index contributed by atoms with van der Waals surface area (Å²) < 4.78 is 2.03. The van der Waals surface area contributed by atoms with Crippen molar-refractivity contribution in [3.63, 3.8) is 0 Å². The van der Waals surface area contributed by atoms with Crippen LogP contribution in [0.2, 0.25) is 5.02 Å². The third kappa shape index (κ3) is 3.96. The van der Waals surface area contributed by atoms with Crippen molar-refractivity contribution in [3.8, 4) is 5.69 Å². The number of aromatic nitrogens is 1. The lowest BCUT2D eigenvalue weighted by molar-refractivity contribution is -0.113. The maximum absolute atomic E-state index is 12.9. The molecular weight excluding hydrogens is 432 g/mol. The molecule has 2 amide bonds. The number of amides is 2. The summed E-state index contributed by atoms with van der Waals surface area (Å²) in [6.07, 6.45) is 1.74. The number of rotatable bonds is 4. The van der Waals surface area contributed by atoms with E-state index in [1.165, 1.54) is 6.92 Å². The summed E-state index contributed by atoms with van der Waals surface area (Å²) in [6, 6.07) is 16.0. The lowest BCUT2D eigenvalue weighted by atomic mass is 10.1. The fourth-order valence-electron chi connectivity index (χ4n) is 3.62. The Labute approximate surface area is 189 Å². The number of nitrogens with zero attached hydrogens (tertiary/aromatic N) is 2. The van der Waals surface area contributed by atoms with Crippen LogP contribution in [0.5, 0.6) is 0 Å². The van der Waals surface area contributed by atoms with E-state index in [1.54, 1.807) is 36.4 Å². The summed E-state index contributed by atoms with van der Waals surface area (Å²) in [5.74, 6) is -0.360. The highest BCUT2D eigenvalue weighted by molar-refractivity contribution is 8.19. The first kappa shape index (κ1) is 21.2. The predicted octanol–water partition coefficient (Wildman–Crippen LogP) is 6.19. The second-order valence-corrected chi connectivity index (χ2v) is 8.69. The Morgan fingerprint density at radius 2 is 1.71 bits per heavy atom. The van der Waals surface area contributed by atoms with Crippen LogP contribution in [0.4, 0.5) is 10.5 Å². The molecule has 1 aromatic heterocycles. The molecule has 0 spiro atoms. The van der Waals surface area contributed by atoms with E-state index in [9.17, 15) is 14.4 Å². The van der Waals surface area contributed by atoms with Gasteiger partial charge in [-0.15, -0.1) is 0 Å². The lowest BCUT2D eigenvalue weighted by Crippen LogP contribution is -2.27. The zero-order valence-corrected chi connectivity index (χ0v) is 18.8. The van der Waals surface area contributed by atoms with Crippen molar-refractivity contribution in [2.75, 3.05) is 4.90 Å². The quantitative estimate of drug-likeness (QED) is 0.351. The van der Waals surface area contributed by atoms with E-state index >= 15 is 0 Å². The van der Waals surface area contributed by atoms with Gasteiger partial charge >= 0.3 is 0 Å². The van der Waals surface area contributed by atoms with Gasteiger partial charge < -0.3 is 4.57 Å².